The summed E-state index contributed by atoms with van der Waals surface area (Å²) in [6, 6.07) is 0. The second-order valence-corrected chi connectivity index (χ2v) is 8.37. The quantitative estimate of drug-likeness (QED) is 0.505. The maximum absolute atomic E-state index is 12.1. The van der Waals surface area contributed by atoms with Crippen molar-refractivity contribution in [2.24, 2.45) is 10.8 Å². The second-order valence-electron chi connectivity index (χ2n) is 8.37. The first kappa shape index (κ1) is 21.4. The number of hydrogen-bond acceptors (Lipinski definition) is 4. The van der Waals surface area contributed by atoms with E-state index in [4.69, 9.17) is 9.47 Å². The van der Waals surface area contributed by atoms with Crippen LogP contribution >= 0.6 is 0 Å². The van der Waals surface area contributed by atoms with Gasteiger partial charge in [0.1, 0.15) is 6.61 Å². The number of ether oxygens (including phenoxy) is 2. The lowest BCUT2D eigenvalue weighted by Gasteiger charge is -2.31. The number of ketones is 1. The van der Waals surface area contributed by atoms with Gasteiger partial charge in [0.05, 0.1) is 11.5 Å². The molecule has 1 rings (SSSR count). The molecule has 0 spiro atoms. The summed E-state index contributed by atoms with van der Waals surface area (Å²) >= 11 is 0. The molecule has 0 N–H and O–H groups in total. The van der Waals surface area contributed by atoms with Crippen molar-refractivity contribution >= 4 is 11.8 Å². The van der Waals surface area contributed by atoms with Crippen molar-refractivity contribution in [2.45, 2.75) is 66.6 Å². The normalized spacial score (nSPS) is 22.0. The van der Waals surface area contributed by atoms with Gasteiger partial charge in [-0.25, -0.2) is 0 Å². The molecule has 0 aromatic heterocycles. The highest BCUT2D eigenvalue weighted by Gasteiger charge is 2.32. The Morgan fingerprint density at radius 3 is 2.48 bits per heavy atom. The van der Waals surface area contributed by atoms with Crippen molar-refractivity contribution in [1.29, 1.82) is 0 Å². The van der Waals surface area contributed by atoms with Crippen molar-refractivity contribution < 1.29 is 19.1 Å². The summed E-state index contributed by atoms with van der Waals surface area (Å²) in [6.07, 6.45) is 8.32. The standard InChI is InChI=1S/C21H32O4/c1-8-9-11-21(6,7)12-10-17-15(2)13-16(22)18(25-17)14-24-19(23)20(3,4)5/h8-9,11,13,17-18H,1,10,12,14H2,2-7H3/b11-9+/t17-,18+/m0/s1. The Kier molecular flexibility index (Phi) is 7.36. The van der Waals surface area contributed by atoms with Crippen molar-refractivity contribution in [1.82, 2.24) is 0 Å². The molecule has 0 unspecified atom stereocenters. The summed E-state index contributed by atoms with van der Waals surface area (Å²) in [4.78, 5) is 24.0. The molecule has 1 aliphatic rings. The molecule has 0 amide bonds. The largest absolute Gasteiger partial charge is 0.462 e. The zero-order valence-corrected chi connectivity index (χ0v) is 16.4. The Labute approximate surface area is 152 Å². The average molecular weight is 348 g/mol. The maximum Gasteiger partial charge on any atom is 0.311 e. The third-order valence-electron chi connectivity index (χ3n) is 4.24. The van der Waals surface area contributed by atoms with E-state index in [1.807, 2.05) is 13.0 Å². The van der Waals surface area contributed by atoms with Gasteiger partial charge in [-0.2, -0.15) is 0 Å². The number of rotatable bonds is 7. The van der Waals surface area contributed by atoms with Crippen molar-refractivity contribution in [3.05, 3.63) is 36.5 Å². The molecule has 0 saturated heterocycles. The number of carbonyl (C=O) groups is 2. The van der Waals surface area contributed by atoms with Crippen LogP contribution in [0.5, 0.6) is 0 Å². The fraction of sp³-hybridized carbons (Fsp3) is 0.619. The van der Waals surface area contributed by atoms with E-state index in [1.165, 1.54) is 0 Å². The molecule has 4 nitrogen and oxygen atoms in total. The summed E-state index contributed by atoms with van der Waals surface area (Å²) in [5.41, 5.74) is 0.351. The van der Waals surface area contributed by atoms with E-state index in [0.717, 1.165) is 18.4 Å². The molecule has 0 aliphatic carbocycles. The summed E-state index contributed by atoms with van der Waals surface area (Å²) < 4.78 is 11.2. The van der Waals surface area contributed by atoms with Crippen LogP contribution in [0.25, 0.3) is 0 Å². The molecule has 1 aliphatic heterocycles. The van der Waals surface area contributed by atoms with E-state index < -0.39 is 11.5 Å². The molecule has 0 bridgehead atoms. The molecular weight excluding hydrogens is 316 g/mol. The van der Waals surface area contributed by atoms with Gasteiger partial charge in [-0.05, 0) is 57.6 Å². The van der Waals surface area contributed by atoms with E-state index in [2.05, 4.69) is 26.5 Å². The van der Waals surface area contributed by atoms with Crippen molar-refractivity contribution in [3.63, 3.8) is 0 Å². The van der Waals surface area contributed by atoms with E-state index >= 15 is 0 Å². The first-order chi connectivity index (χ1) is 11.5. The number of allylic oxidation sites excluding steroid dienone is 3. The molecule has 0 aromatic rings. The highest BCUT2D eigenvalue weighted by Crippen LogP contribution is 2.29. The van der Waals surface area contributed by atoms with Crippen LogP contribution < -0.4 is 0 Å². The van der Waals surface area contributed by atoms with Gasteiger partial charge < -0.3 is 9.47 Å². The highest BCUT2D eigenvalue weighted by molar-refractivity contribution is 5.95. The summed E-state index contributed by atoms with van der Waals surface area (Å²) in [6.45, 7) is 15.2. The molecule has 0 radical (unpaired) electrons. The van der Waals surface area contributed by atoms with Crippen molar-refractivity contribution in [2.75, 3.05) is 6.61 Å². The van der Waals surface area contributed by atoms with Crippen LogP contribution in [-0.4, -0.2) is 30.6 Å². The molecular formula is C21H32O4. The van der Waals surface area contributed by atoms with Gasteiger partial charge in [0.2, 0.25) is 0 Å². The Hall–Kier alpha value is -1.68. The van der Waals surface area contributed by atoms with E-state index in [9.17, 15) is 9.59 Å². The van der Waals surface area contributed by atoms with Gasteiger partial charge in [-0.3, -0.25) is 9.59 Å². The van der Waals surface area contributed by atoms with Crippen LogP contribution in [0.4, 0.5) is 0 Å². The minimum absolute atomic E-state index is 0.0213. The Morgan fingerprint density at radius 1 is 1.28 bits per heavy atom. The Balaban J connectivity index is 2.67. The van der Waals surface area contributed by atoms with Crippen LogP contribution in [0, 0.1) is 10.8 Å². The topological polar surface area (TPSA) is 52.6 Å². The fourth-order valence-electron chi connectivity index (χ4n) is 2.48. The predicted octanol–water partition coefficient (Wildman–Crippen LogP) is 4.41. The number of carbonyl (C=O) groups excluding carboxylic acids is 2. The number of esters is 1. The molecule has 0 fully saturated rings. The summed E-state index contributed by atoms with van der Waals surface area (Å²) in [5, 5.41) is 0. The van der Waals surface area contributed by atoms with Gasteiger partial charge in [0, 0.05) is 0 Å². The van der Waals surface area contributed by atoms with Crippen LogP contribution in [0.2, 0.25) is 0 Å². The van der Waals surface area contributed by atoms with E-state index in [0.29, 0.717) is 0 Å². The van der Waals surface area contributed by atoms with Gasteiger partial charge in [0.25, 0.3) is 0 Å². The number of hydrogen-bond donors (Lipinski definition) is 0. The van der Waals surface area contributed by atoms with Gasteiger partial charge in [-0.15, -0.1) is 0 Å². The Bertz CT molecular complexity index is 561. The zero-order chi connectivity index (χ0) is 19.3. The molecule has 25 heavy (non-hydrogen) atoms. The second kappa shape index (κ2) is 8.61. The average Bonchev–Trinajstić information content (AvgIpc) is 2.50. The molecule has 2 atom stereocenters. The molecule has 1 heterocycles. The van der Waals surface area contributed by atoms with Crippen LogP contribution in [0.15, 0.2) is 36.5 Å². The zero-order valence-electron chi connectivity index (χ0n) is 16.4. The highest BCUT2D eigenvalue weighted by atomic mass is 16.6. The van der Waals surface area contributed by atoms with E-state index in [1.54, 1.807) is 32.9 Å². The van der Waals surface area contributed by atoms with E-state index in [-0.39, 0.29) is 29.9 Å². The molecule has 0 saturated carbocycles. The monoisotopic (exact) mass is 348 g/mol. The third-order valence-corrected chi connectivity index (χ3v) is 4.24. The van der Waals surface area contributed by atoms with Crippen LogP contribution in [-0.2, 0) is 19.1 Å². The summed E-state index contributed by atoms with van der Waals surface area (Å²) in [5.74, 6) is -0.469. The van der Waals surface area contributed by atoms with Gasteiger partial charge >= 0.3 is 5.97 Å². The third kappa shape index (κ3) is 6.99. The van der Waals surface area contributed by atoms with Gasteiger partial charge in [-0.1, -0.05) is 38.7 Å². The SMILES string of the molecule is C=C/C=C/C(C)(C)CC[C@@H]1O[C@H](COC(=O)C(C)(C)C)C(=O)C=C1C. The first-order valence-corrected chi connectivity index (χ1v) is 8.81. The Morgan fingerprint density at radius 2 is 1.92 bits per heavy atom. The van der Waals surface area contributed by atoms with Crippen molar-refractivity contribution in [3.8, 4) is 0 Å². The lowest BCUT2D eigenvalue weighted by molar-refractivity contribution is -0.160. The maximum atomic E-state index is 12.1. The molecule has 0 aromatic carbocycles. The minimum Gasteiger partial charge on any atom is -0.462 e. The van der Waals surface area contributed by atoms with Crippen LogP contribution in [0.3, 0.4) is 0 Å². The molecule has 4 heteroatoms. The minimum atomic E-state index is -0.716. The lowest BCUT2D eigenvalue weighted by atomic mass is 9.85. The molecule has 140 valence electrons. The summed E-state index contributed by atoms with van der Waals surface area (Å²) in [7, 11) is 0. The van der Waals surface area contributed by atoms with Gasteiger partial charge in [0.15, 0.2) is 11.9 Å². The fourth-order valence-corrected chi connectivity index (χ4v) is 2.48. The van der Waals surface area contributed by atoms with Crippen LogP contribution in [0.1, 0.15) is 54.4 Å². The first-order valence-electron chi connectivity index (χ1n) is 8.81. The predicted molar refractivity (Wildman–Crippen MR) is 100 cm³/mol. The smallest absolute Gasteiger partial charge is 0.311 e. The lowest BCUT2D eigenvalue weighted by Crippen LogP contribution is -2.39.